The van der Waals surface area contributed by atoms with Gasteiger partial charge in [0.05, 0.1) is 12.3 Å². The highest BCUT2D eigenvalue weighted by atomic mass is 16.6. The normalized spacial score (nSPS) is 21.4. The number of carbonyl (C=O) groups is 2. The van der Waals surface area contributed by atoms with Gasteiger partial charge in [-0.2, -0.15) is 5.10 Å². The summed E-state index contributed by atoms with van der Waals surface area (Å²) in [7, 11) is 0. The number of hydrogen-bond donors (Lipinski definition) is 2. The van der Waals surface area contributed by atoms with Gasteiger partial charge in [-0.25, -0.2) is 4.79 Å². The topological polar surface area (TPSA) is 88.5 Å². The van der Waals surface area contributed by atoms with E-state index in [1.165, 1.54) is 6.42 Å². The van der Waals surface area contributed by atoms with Gasteiger partial charge in [0.25, 0.3) is 0 Å². The predicted molar refractivity (Wildman–Crippen MR) is 96.8 cm³/mol. The SMILES string of the molecule is CCOC(=O)N1CCC(NC(=O)Cn2ccc([C@H]3CCCNC3)n2)CC1. The molecule has 0 aliphatic carbocycles. The fourth-order valence-electron chi connectivity index (χ4n) is 3.63. The molecule has 0 bridgehead atoms. The van der Waals surface area contributed by atoms with Gasteiger partial charge in [0.15, 0.2) is 0 Å². The smallest absolute Gasteiger partial charge is 0.409 e. The molecule has 2 fully saturated rings. The first-order valence-corrected chi connectivity index (χ1v) is 9.61. The number of piperidine rings is 2. The minimum Gasteiger partial charge on any atom is -0.450 e. The third-order valence-electron chi connectivity index (χ3n) is 5.07. The summed E-state index contributed by atoms with van der Waals surface area (Å²) in [6.07, 6.45) is 5.44. The monoisotopic (exact) mass is 363 g/mol. The van der Waals surface area contributed by atoms with Gasteiger partial charge in [0, 0.05) is 37.8 Å². The minimum atomic E-state index is -0.265. The zero-order valence-electron chi connectivity index (χ0n) is 15.4. The van der Waals surface area contributed by atoms with E-state index >= 15 is 0 Å². The summed E-state index contributed by atoms with van der Waals surface area (Å²) >= 11 is 0. The highest BCUT2D eigenvalue weighted by Gasteiger charge is 2.24. The van der Waals surface area contributed by atoms with Gasteiger partial charge >= 0.3 is 6.09 Å². The van der Waals surface area contributed by atoms with Gasteiger partial charge in [-0.05, 0) is 45.2 Å². The fourth-order valence-corrected chi connectivity index (χ4v) is 3.63. The second-order valence-electron chi connectivity index (χ2n) is 7.01. The molecule has 2 amide bonds. The van der Waals surface area contributed by atoms with E-state index in [1.54, 1.807) is 16.5 Å². The van der Waals surface area contributed by atoms with Crippen LogP contribution in [0.2, 0.25) is 0 Å². The van der Waals surface area contributed by atoms with Crippen LogP contribution >= 0.6 is 0 Å². The van der Waals surface area contributed by atoms with Crippen LogP contribution in [0.3, 0.4) is 0 Å². The van der Waals surface area contributed by atoms with Gasteiger partial charge in [0.2, 0.25) is 5.91 Å². The largest absolute Gasteiger partial charge is 0.450 e. The third kappa shape index (κ3) is 4.97. The quantitative estimate of drug-likeness (QED) is 0.817. The molecule has 0 radical (unpaired) electrons. The molecule has 0 aromatic carbocycles. The molecule has 1 atom stereocenters. The maximum absolute atomic E-state index is 12.3. The van der Waals surface area contributed by atoms with Gasteiger partial charge in [-0.3, -0.25) is 9.48 Å². The van der Waals surface area contributed by atoms with Gasteiger partial charge in [0.1, 0.15) is 6.54 Å². The molecule has 8 nitrogen and oxygen atoms in total. The number of nitrogens with one attached hydrogen (secondary N) is 2. The van der Waals surface area contributed by atoms with E-state index in [0.717, 1.165) is 38.0 Å². The number of hydrogen-bond acceptors (Lipinski definition) is 5. The molecule has 144 valence electrons. The zero-order valence-corrected chi connectivity index (χ0v) is 15.4. The van der Waals surface area contributed by atoms with Crippen LogP contribution in [-0.4, -0.2) is 65.5 Å². The van der Waals surface area contributed by atoms with Crippen LogP contribution in [0, 0.1) is 0 Å². The molecular weight excluding hydrogens is 334 g/mol. The summed E-state index contributed by atoms with van der Waals surface area (Å²) < 4.78 is 6.73. The summed E-state index contributed by atoms with van der Waals surface area (Å²) in [6, 6.07) is 2.12. The number of likely N-dealkylation sites (tertiary alicyclic amines) is 1. The lowest BCUT2D eigenvalue weighted by Gasteiger charge is -2.31. The Balaban J connectivity index is 1.42. The number of aromatic nitrogens is 2. The number of rotatable bonds is 5. The van der Waals surface area contributed by atoms with Gasteiger partial charge < -0.3 is 20.3 Å². The summed E-state index contributed by atoms with van der Waals surface area (Å²) in [6.45, 7) is 5.69. The molecule has 26 heavy (non-hydrogen) atoms. The number of amides is 2. The van der Waals surface area contributed by atoms with Crippen LogP contribution in [0.1, 0.15) is 44.2 Å². The van der Waals surface area contributed by atoms with Crippen LogP contribution in [-0.2, 0) is 16.1 Å². The second-order valence-corrected chi connectivity index (χ2v) is 7.01. The Hall–Kier alpha value is -2.09. The van der Waals surface area contributed by atoms with Crippen molar-refractivity contribution in [2.24, 2.45) is 0 Å². The molecule has 2 aliphatic rings. The van der Waals surface area contributed by atoms with Crippen molar-refractivity contribution >= 4 is 12.0 Å². The van der Waals surface area contributed by atoms with E-state index in [-0.39, 0.29) is 24.6 Å². The van der Waals surface area contributed by atoms with E-state index < -0.39 is 0 Å². The third-order valence-corrected chi connectivity index (χ3v) is 5.07. The summed E-state index contributed by atoms with van der Waals surface area (Å²) in [4.78, 5) is 25.7. The van der Waals surface area contributed by atoms with Crippen molar-refractivity contribution < 1.29 is 14.3 Å². The summed E-state index contributed by atoms with van der Waals surface area (Å²) in [5, 5.41) is 11.0. The van der Waals surface area contributed by atoms with Crippen LogP contribution in [0.25, 0.3) is 0 Å². The molecule has 1 aromatic heterocycles. The van der Waals surface area contributed by atoms with Gasteiger partial charge in [-0.15, -0.1) is 0 Å². The maximum Gasteiger partial charge on any atom is 0.409 e. The molecule has 2 N–H and O–H groups in total. The molecule has 2 saturated heterocycles. The van der Waals surface area contributed by atoms with Crippen molar-refractivity contribution in [1.82, 2.24) is 25.3 Å². The van der Waals surface area contributed by atoms with Crippen LogP contribution < -0.4 is 10.6 Å². The van der Waals surface area contributed by atoms with Crippen LogP contribution in [0.5, 0.6) is 0 Å². The van der Waals surface area contributed by atoms with E-state index in [2.05, 4.69) is 15.7 Å². The first-order valence-electron chi connectivity index (χ1n) is 9.61. The van der Waals surface area contributed by atoms with Crippen LogP contribution in [0.4, 0.5) is 4.79 Å². The Morgan fingerprint density at radius 3 is 2.85 bits per heavy atom. The van der Waals surface area contributed by atoms with Crippen molar-refractivity contribution in [3.8, 4) is 0 Å². The van der Waals surface area contributed by atoms with Crippen molar-refractivity contribution in [2.45, 2.75) is 51.1 Å². The van der Waals surface area contributed by atoms with Crippen LogP contribution in [0.15, 0.2) is 12.3 Å². The summed E-state index contributed by atoms with van der Waals surface area (Å²) in [5.41, 5.74) is 1.06. The molecule has 3 rings (SSSR count). The average molecular weight is 363 g/mol. The lowest BCUT2D eigenvalue weighted by molar-refractivity contribution is -0.122. The first-order chi connectivity index (χ1) is 12.7. The fraction of sp³-hybridized carbons (Fsp3) is 0.722. The highest BCUT2D eigenvalue weighted by Crippen LogP contribution is 2.21. The Morgan fingerprint density at radius 2 is 2.15 bits per heavy atom. The first kappa shape index (κ1) is 18.7. The molecule has 2 aliphatic heterocycles. The standard InChI is InChI=1S/C18H29N5O3/c1-2-26-18(25)22-9-5-15(6-10-22)20-17(24)13-23-11-7-16(21-23)14-4-3-8-19-12-14/h7,11,14-15,19H,2-6,8-10,12-13H2,1H3,(H,20,24)/t14-/m0/s1. The number of ether oxygens (including phenoxy) is 1. The lowest BCUT2D eigenvalue weighted by Crippen LogP contribution is -2.47. The number of nitrogens with zero attached hydrogens (tertiary/aromatic N) is 3. The Labute approximate surface area is 154 Å². The minimum absolute atomic E-state index is 0.0315. The van der Waals surface area contributed by atoms with Crippen molar-refractivity contribution in [2.75, 3.05) is 32.8 Å². The Morgan fingerprint density at radius 1 is 1.35 bits per heavy atom. The van der Waals surface area contributed by atoms with E-state index in [9.17, 15) is 9.59 Å². The lowest BCUT2D eigenvalue weighted by atomic mass is 9.97. The maximum atomic E-state index is 12.3. The van der Waals surface area contributed by atoms with Gasteiger partial charge in [-0.1, -0.05) is 0 Å². The van der Waals surface area contributed by atoms with Crippen molar-refractivity contribution in [1.29, 1.82) is 0 Å². The van der Waals surface area contributed by atoms with E-state index in [4.69, 9.17) is 4.74 Å². The molecule has 8 heteroatoms. The Bertz CT molecular complexity index is 604. The highest BCUT2D eigenvalue weighted by molar-refractivity contribution is 5.76. The summed E-state index contributed by atoms with van der Waals surface area (Å²) in [5.74, 6) is 0.413. The molecule has 0 unspecified atom stereocenters. The molecule has 0 saturated carbocycles. The van der Waals surface area contributed by atoms with E-state index in [1.807, 2.05) is 12.3 Å². The number of carbonyl (C=O) groups excluding carboxylic acids is 2. The van der Waals surface area contributed by atoms with E-state index in [0.29, 0.717) is 25.6 Å². The average Bonchev–Trinajstić information content (AvgIpc) is 3.11. The molecule has 0 spiro atoms. The molecule has 1 aromatic rings. The zero-order chi connectivity index (χ0) is 18.4. The Kier molecular flexibility index (Phi) is 6.49. The molecule has 3 heterocycles. The molecular formula is C18H29N5O3. The second kappa shape index (κ2) is 9.02. The predicted octanol–water partition coefficient (Wildman–Crippen LogP) is 1.09. The van der Waals surface area contributed by atoms with Crippen molar-refractivity contribution in [3.05, 3.63) is 18.0 Å². The van der Waals surface area contributed by atoms with Crippen molar-refractivity contribution in [3.63, 3.8) is 0 Å².